The van der Waals surface area contributed by atoms with Gasteiger partial charge in [0.05, 0.1) is 4.47 Å². The fraction of sp³-hybridized carbons (Fsp3) is 0.462. The number of nitrogens with two attached hydrogens (primary N) is 1. The molecule has 0 heterocycles. The van der Waals surface area contributed by atoms with E-state index in [2.05, 4.69) is 21.2 Å². The highest BCUT2D eigenvalue weighted by molar-refractivity contribution is 9.10. The molecule has 1 fully saturated rings. The Hall–Kier alpha value is -0.940. The lowest BCUT2D eigenvalue weighted by molar-refractivity contribution is -0.119. The van der Waals surface area contributed by atoms with E-state index in [9.17, 15) is 9.18 Å². The molecule has 0 aliphatic heterocycles. The molecule has 1 aliphatic carbocycles. The van der Waals surface area contributed by atoms with Gasteiger partial charge >= 0.3 is 0 Å². The molecule has 5 heteroatoms. The molecule has 18 heavy (non-hydrogen) atoms. The number of benzene rings is 1. The molecule has 0 spiro atoms. The van der Waals surface area contributed by atoms with Crippen LogP contribution in [-0.2, 0) is 4.79 Å². The van der Waals surface area contributed by atoms with E-state index in [0.29, 0.717) is 16.6 Å². The predicted molar refractivity (Wildman–Crippen MR) is 72.8 cm³/mol. The lowest BCUT2D eigenvalue weighted by Gasteiger charge is -2.13. The number of aryl methyl sites for hydroxylation is 1. The van der Waals surface area contributed by atoms with E-state index in [4.69, 9.17) is 5.73 Å². The summed E-state index contributed by atoms with van der Waals surface area (Å²) in [6.07, 6.45) is 2.40. The summed E-state index contributed by atoms with van der Waals surface area (Å²) in [4.78, 5) is 12.0. The fourth-order valence-corrected chi connectivity index (χ4v) is 2.73. The maximum atomic E-state index is 13.4. The molecular weight excluding hydrogens is 299 g/mol. The first-order valence-electron chi connectivity index (χ1n) is 5.99. The lowest BCUT2D eigenvalue weighted by Crippen LogP contribution is -2.23. The fourth-order valence-electron chi connectivity index (χ4n) is 2.27. The second-order valence-electron chi connectivity index (χ2n) is 4.84. The molecule has 0 saturated heterocycles. The van der Waals surface area contributed by atoms with Crippen LogP contribution in [0.4, 0.5) is 10.1 Å². The van der Waals surface area contributed by atoms with E-state index < -0.39 is 0 Å². The average molecular weight is 315 g/mol. The van der Waals surface area contributed by atoms with Crippen LogP contribution in [0.25, 0.3) is 0 Å². The van der Waals surface area contributed by atoms with Crippen molar-refractivity contribution in [2.24, 2.45) is 11.7 Å². The van der Waals surface area contributed by atoms with Gasteiger partial charge in [0.1, 0.15) is 5.82 Å². The van der Waals surface area contributed by atoms with E-state index in [1.807, 2.05) is 6.92 Å². The van der Waals surface area contributed by atoms with E-state index >= 15 is 0 Å². The minimum Gasteiger partial charge on any atom is -0.328 e. The van der Waals surface area contributed by atoms with Gasteiger partial charge in [0.25, 0.3) is 0 Å². The minimum absolute atomic E-state index is 0.0499. The first-order chi connectivity index (χ1) is 8.47. The Bertz CT molecular complexity index is 478. The van der Waals surface area contributed by atoms with Gasteiger partial charge in [-0.05, 0) is 59.8 Å². The third-order valence-electron chi connectivity index (χ3n) is 3.37. The lowest BCUT2D eigenvalue weighted by atomic mass is 10.1. The van der Waals surface area contributed by atoms with E-state index in [1.165, 1.54) is 6.07 Å². The Morgan fingerprint density at radius 3 is 2.83 bits per heavy atom. The third-order valence-corrected chi connectivity index (χ3v) is 3.98. The quantitative estimate of drug-likeness (QED) is 0.881. The highest BCUT2D eigenvalue weighted by Gasteiger charge is 2.28. The number of carbonyl (C=O) groups excluding carboxylic acids is 1. The first kappa shape index (κ1) is 13.5. The Kier molecular flexibility index (Phi) is 4.02. The Morgan fingerprint density at radius 2 is 2.22 bits per heavy atom. The van der Waals surface area contributed by atoms with Gasteiger partial charge < -0.3 is 11.1 Å². The van der Waals surface area contributed by atoms with Gasteiger partial charge in [0.15, 0.2) is 0 Å². The largest absolute Gasteiger partial charge is 0.328 e. The molecular formula is C13H16BrFN2O. The number of nitrogens with one attached hydrogen (secondary N) is 1. The molecule has 1 aliphatic rings. The molecule has 0 radical (unpaired) electrons. The summed E-state index contributed by atoms with van der Waals surface area (Å²) in [5.74, 6) is -0.488. The molecule has 2 rings (SSSR count). The van der Waals surface area contributed by atoms with Crippen molar-refractivity contribution in [3.63, 3.8) is 0 Å². The summed E-state index contributed by atoms with van der Waals surface area (Å²) in [5.41, 5.74) is 7.15. The molecule has 2 unspecified atom stereocenters. The van der Waals surface area contributed by atoms with Gasteiger partial charge in [-0.3, -0.25) is 4.79 Å². The van der Waals surface area contributed by atoms with Crippen molar-refractivity contribution in [1.29, 1.82) is 0 Å². The second-order valence-corrected chi connectivity index (χ2v) is 5.69. The van der Waals surface area contributed by atoms with E-state index in [1.54, 1.807) is 6.07 Å². The molecule has 2 atom stereocenters. The van der Waals surface area contributed by atoms with Gasteiger partial charge in [-0.2, -0.15) is 0 Å². The molecule has 3 N–H and O–H groups in total. The van der Waals surface area contributed by atoms with Crippen LogP contribution in [0.3, 0.4) is 0 Å². The Morgan fingerprint density at radius 1 is 1.50 bits per heavy atom. The highest BCUT2D eigenvalue weighted by Crippen LogP contribution is 2.28. The van der Waals surface area contributed by atoms with E-state index in [0.717, 1.165) is 18.4 Å². The van der Waals surface area contributed by atoms with Crippen LogP contribution in [0.2, 0.25) is 0 Å². The van der Waals surface area contributed by atoms with Gasteiger partial charge in [0, 0.05) is 17.6 Å². The number of hydrogen-bond donors (Lipinski definition) is 2. The van der Waals surface area contributed by atoms with E-state index in [-0.39, 0.29) is 23.7 Å². The Balaban J connectivity index is 2.09. The minimum atomic E-state index is -0.376. The molecule has 0 bridgehead atoms. The molecule has 1 saturated carbocycles. The summed E-state index contributed by atoms with van der Waals surface area (Å²) in [6, 6.07) is 3.11. The summed E-state index contributed by atoms with van der Waals surface area (Å²) in [6.45, 7) is 1.83. The molecule has 0 aromatic heterocycles. The van der Waals surface area contributed by atoms with Gasteiger partial charge in [-0.1, -0.05) is 0 Å². The molecule has 3 nitrogen and oxygen atoms in total. The second kappa shape index (κ2) is 5.36. The maximum absolute atomic E-state index is 13.4. The van der Waals surface area contributed by atoms with Crippen molar-refractivity contribution in [1.82, 2.24) is 0 Å². The highest BCUT2D eigenvalue weighted by atomic mass is 79.9. The molecule has 98 valence electrons. The van der Waals surface area contributed by atoms with Gasteiger partial charge in [-0.25, -0.2) is 4.39 Å². The number of anilines is 1. The zero-order valence-corrected chi connectivity index (χ0v) is 11.8. The summed E-state index contributed by atoms with van der Waals surface area (Å²) in [7, 11) is 0. The zero-order chi connectivity index (χ0) is 13.3. The van der Waals surface area contributed by atoms with Crippen molar-refractivity contribution in [3.05, 3.63) is 28.0 Å². The number of halogens is 2. The molecule has 1 amide bonds. The van der Waals surface area contributed by atoms with Crippen molar-refractivity contribution in [2.45, 2.75) is 32.2 Å². The standard InChI is InChI=1S/C13H16BrFN2O/c1-7-4-10(14)11(15)6-12(7)17-13(18)8-2-3-9(16)5-8/h4,6,8-9H,2-3,5,16H2,1H3,(H,17,18). The van der Waals surface area contributed by atoms with Crippen LogP contribution in [-0.4, -0.2) is 11.9 Å². The SMILES string of the molecule is Cc1cc(Br)c(F)cc1NC(=O)C1CCC(N)C1. The number of hydrogen-bond acceptors (Lipinski definition) is 2. The smallest absolute Gasteiger partial charge is 0.227 e. The van der Waals surface area contributed by atoms with Crippen LogP contribution >= 0.6 is 15.9 Å². The van der Waals surface area contributed by atoms with Crippen molar-refractivity contribution in [2.75, 3.05) is 5.32 Å². The van der Waals surface area contributed by atoms with Crippen LogP contribution < -0.4 is 11.1 Å². The topological polar surface area (TPSA) is 55.1 Å². The molecule has 1 aromatic rings. The van der Waals surface area contributed by atoms with Gasteiger partial charge in [-0.15, -0.1) is 0 Å². The average Bonchev–Trinajstić information content (AvgIpc) is 2.73. The van der Waals surface area contributed by atoms with Crippen molar-refractivity contribution in [3.8, 4) is 0 Å². The van der Waals surface area contributed by atoms with Crippen molar-refractivity contribution >= 4 is 27.5 Å². The monoisotopic (exact) mass is 314 g/mol. The summed E-state index contributed by atoms with van der Waals surface area (Å²) < 4.78 is 13.8. The number of rotatable bonds is 2. The zero-order valence-electron chi connectivity index (χ0n) is 10.2. The Labute approximate surface area is 114 Å². The van der Waals surface area contributed by atoms with Crippen molar-refractivity contribution < 1.29 is 9.18 Å². The van der Waals surface area contributed by atoms with Gasteiger partial charge in [0.2, 0.25) is 5.91 Å². The third kappa shape index (κ3) is 2.90. The summed E-state index contributed by atoms with van der Waals surface area (Å²) >= 11 is 3.12. The first-order valence-corrected chi connectivity index (χ1v) is 6.78. The normalized spacial score (nSPS) is 23.1. The predicted octanol–water partition coefficient (Wildman–Crippen LogP) is 2.96. The molecule has 1 aromatic carbocycles. The van der Waals surface area contributed by atoms with Crippen LogP contribution in [0.5, 0.6) is 0 Å². The number of amides is 1. The van der Waals surface area contributed by atoms with Crippen LogP contribution in [0.1, 0.15) is 24.8 Å². The summed E-state index contributed by atoms with van der Waals surface area (Å²) in [5, 5.41) is 2.79. The maximum Gasteiger partial charge on any atom is 0.227 e. The van der Waals surface area contributed by atoms with Crippen LogP contribution in [0, 0.1) is 18.7 Å². The van der Waals surface area contributed by atoms with Crippen LogP contribution in [0.15, 0.2) is 16.6 Å². The number of carbonyl (C=O) groups is 1.